The Kier molecular flexibility index (Phi) is 4.44. The first-order valence-electron chi connectivity index (χ1n) is 9.23. The zero-order chi connectivity index (χ0) is 19.0. The summed E-state index contributed by atoms with van der Waals surface area (Å²) in [6, 6.07) is 15.9. The van der Waals surface area contributed by atoms with Crippen LogP contribution in [0, 0.1) is 6.92 Å². The standard InChI is InChI=1S/C22H23N3O2/c1-14-18(17-8-3-5-9-19(17)24-14)12-21(26)23-13-15-11-22(27)25(2)20-10-6-4-7-16(15)20/h3-10,15,24H,11-13H2,1-2H3,(H,23,26)/t15-/m1/s1. The number of hydrogen-bond donors (Lipinski definition) is 2. The first kappa shape index (κ1) is 17.3. The molecule has 1 aliphatic heterocycles. The molecule has 5 nitrogen and oxygen atoms in total. The van der Waals surface area contributed by atoms with E-state index in [1.54, 1.807) is 11.9 Å². The second-order valence-electron chi connectivity index (χ2n) is 7.17. The Morgan fingerprint density at radius 2 is 1.93 bits per heavy atom. The van der Waals surface area contributed by atoms with Gasteiger partial charge in [0.25, 0.3) is 0 Å². The lowest BCUT2D eigenvalue weighted by atomic mass is 9.89. The van der Waals surface area contributed by atoms with Crippen molar-refractivity contribution in [2.75, 3.05) is 18.5 Å². The fourth-order valence-corrected chi connectivity index (χ4v) is 3.93. The minimum atomic E-state index is -0.0216. The van der Waals surface area contributed by atoms with Crippen LogP contribution >= 0.6 is 0 Å². The molecule has 2 heterocycles. The number of para-hydroxylation sites is 2. The van der Waals surface area contributed by atoms with Gasteiger partial charge in [0.05, 0.1) is 6.42 Å². The predicted molar refractivity (Wildman–Crippen MR) is 107 cm³/mol. The van der Waals surface area contributed by atoms with Crippen LogP contribution in [-0.2, 0) is 16.0 Å². The molecule has 0 fully saturated rings. The van der Waals surface area contributed by atoms with E-state index in [1.165, 1.54) is 0 Å². The van der Waals surface area contributed by atoms with Crippen LogP contribution in [0.3, 0.4) is 0 Å². The molecule has 1 aliphatic rings. The van der Waals surface area contributed by atoms with E-state index in [0.29, 0.717) is 19.4 Å². The van der Waals surface area contributed by atoms with Crippen LogP contribution in [0.4, 0.5) is 5.69 Å². The summed E-state index contributed by atoms with van der Waals surface area (Å²) >= 11 is 0. The maximum Gasteiger partial charge on any atom is 0.227 e. The molecular weight excluding hydrogens is 338 g/mol. The first-order chi connectivity index (χ1) is 13.0. The molecule has 0 unspecified atom stereocenters. The van der Waals surface area contributed by atoms with Crippen molar-refractivity contribution in [1.29, 1.82) is 0 Å². The summed E-state index contributed by atoms with van der Waals surface area (Å²) in [5.41, 5.74) is 5.14. The number of H-pyrrole nitrogens is 1. The van der Waals surface area contributed by atoms with Crippen molar-refractivity contribution < 1.29 is 9.59 Å². The number of carbonyl (C=O) groups is 2. The molecule has 3 aromatic rings. The number of amides is 2. The lowest BCUT2D eigenvalue weighted by Gasteiger charge is -2.31. The Labute approximate surface area is 158 Å². The summed E-state index contributed by atoms with van der Waals surface area (Å²) < 4.78 is 0. The maximum absolute atomic E-state index is 12.6. The van der Waals surface area contributed by atoms with Gasteiger partial charge in [-0.05, 0) is 30.2 Å². The second-order valence-corrected chi connectivity index (χ2v) is 7.17. The van der Waals surface area contributed by atoms with Gasteiger partial charge in [-0.15, -0.1) is 0 Å². The van der Waals surface area contributed by atoms with Crippen LogP contribution in [0.25, 0.3) is 10.9 Å². The van der Waals surface area contributed by atoms with E-state index in [1.807, 2.05) is 55.5 Å². The summed E-state index contributed by atoms with van der Waals surface area (Å²) in [7, 11) is 1.80. The molecular formula is C22H23N3O2. The van der Waals surface area contributed by atoms with E-state index in [0.717, 1.165) is 33.4 Å². The van der Waals surface area contributed by atoms with Crippen molar-refractivity contribution in [2.45, 2.75) is 25.7 Å². The Bertz CT molecular complexity index is 1020. The van der Waals surface area contributed by atoms with Crippen LogP contribution < -0.4 is 10.2 Å². The number of aromatic nitrogens is 1. The molecule has 5 heteroatoms. The molecule has 27 heavy (non-hydrogen) atoms. The number of nitrogens with zero attached hydrogens (tertiary/aromatic N) is 1. The highest BCUT2D eigenvalue weighted by atomic mass is 16.2. The molecule has 0 aliphatic carbocycles. The van der Waals surface area contributed by atoms with Crippen LogP contribution in [0.15, 0.2) is 48.5 Å². The summed E-state index contributed by atoms with van der Waals surface area (Å²) in [6.45, 7) is 2.46. The van der Waals surface area contributed by atoms with Gasteiger partial charge in [-0.3, -0.25) is 9.59 Å². The van der Waals surface area contributed by atoms with Crippen LogP contribution in [0.5, 0.6) is 0 Å². The Morgan fingerprint density at radius 3 is 2.78 bits per heavy atom. The Morgan fingerprint density at radius 1 is 1.19 bits per heavy atom. The monoisotopic (exact) mass is 361 g/mol. The van der Waals surface area contributed by atoms with Gasteiger partial charge in [-0.1, -0.05) is 36.4 Å². The van der Waals surface area contributed by atoms with Crippen molar-refractivity contribution in [3.8, 4) is 0 Å². The molecule has 0 radical (unpaired) electrons. The van der Waals surface area contributed by atoms with Crippen LogP contribution in [0.1, 0.15) is 29.2 Å². The largest absolute Gasteiger partial charge is 0.358 e. The fraction of sp³-hybridized carbons (Fsp3) is 0.273. The number of benzene rings is 2. The summed E-state index contributed by atoms with van der Waals surface area (Å²) in [5.74, 6) is 0.0741. The highest BCUT2D eigenvalue weighted by Gasteiger charge is 2.29. The number of nitrogens with one attached hydrogen (secondary N) is 2. The first-order valence-corrected chi connectivity index (χ1v) is 9.23. The highest BCUT2D eigenvalue weighted by Crippen LogP contribution is 2.34. The third-order valence-corrected chi connectivity index (χ3v) is 5.44. The topological polar surface area (TPSA) is 65.2 Å². The van der Waals surface area contributed by atoms with Crippen LogP contribution in [-0.4, -0.2) is 30.4 Å². The van der Waals surface area contributed by atoms with Crippen molar-refractivity contribution in [1.82, 2.24) is 10.3 Å². The molecule has 0 spiro atoms. The average Bonchev–Trinajstić information content (AvgIpc) is 2.99. The van der Waals surface area contributed by atoms with E-state index >= 15 is 0 Å². The lowest BCUT2D eigenvalue weighted by molar-refractivity contribution is -0.121. The summed E-state index contributed by atoms with van der Waals surface area (Å²) in [5, 5.41) is 4.12. The van der Waals surface area contributed by atoms with E-state index in [9.17, 15) is 9.59 Å². The number of hydrogen-bond acceptors (Lipinski definition) is 2. The van der Waals surface area contributed by atoms with Gasteiger partial charge < -0.3 is 15.2 Å². The van der Waals surface area contributed by atoms with Crippen molar-refractivity contribution >= 4 is 28.4 Å². The molecule has 2 amide bonds. The number of fused-ring (bicyclic) bond motifs is 2. The minimum absolute atomic E-state index is 0.0120. The summed E-state index contributed by atoms with van der Waals surface area (Å²) in [4.78, 5) is 29.9. The normalized spacial score (nSPS) is 16.4. The highest BCUT2D eigenvalue weighted by molar-refractivity contribution is 5.97. The van der Waals surface area contributed by atoms with Gasteiger partial charge in [-0.25, -0.2) is 0 Å². The zero-order valence-electron chi connectivity index (χ0n) is 15.6. The maximum atomic E-state index is 12.6. The van der Waals surface area contributed by atoms with E-state index in [-0.39, 0.29) is 17.7 Å². The number of aromatic amines is 1. The SMILES string of the molecule is Cc1[nH]c2ccccc2c1CC(=O)NC[C@H]1CC(=O)N(C)c2ccccc21. The van der Waals surface area contributed by atoms with Crippen LogP contribution in [0.2, 0.25) is 0 Å². The molecule has 2 aromatic carbocycles. The molecule has 0 bridgehead atoms. The fourth-order valence-electron chi connectivity index (χ4n) is 3.93. The summed E-state index contributed by atoms with van der Waals surface area (Å²) in [6.07, 6.45) is 0.748. The number of anilines is 1. The molecule has 4 rings (SSSR count). The number of rotatable bonds is 4. The zero-order valence-corrected chi connectivity index (χ0v) is 15.6. The smallest absolute Gasteiger partial charge is 0.227 e. The number of aryl methyl sites for hydroxylation is 1. The molecule has 0 saturated carbocycles. The number of carbonyl (C=O) groups excluding carboxylic acids is 2. The third-order valence-electron chi connectivity index (χ3n) is 5.44. The Hall–Kier alpha value is -3.08. The van der Waals surface area contributed by atoms with Crippen molar-refractivity contribution in [3.05, 3.63) is 65.4 Å². The molecule has 0 saturated heterocycles. The van der Waals surface area contributed by atoms with E-state index < -0.39 is 0 Å². The molecule has 2 N–H and O–H groups in total. The molecule has 1 atom stereocenters. The molecule has 138 valence electrons. The third kappa shape index (κ3) is 3.21. The van der Waals surface area contributed by atoms with Gasteiger partial charge in [-0.2, -0.15) is 0 Å². The average molecular weight is 361 g/mol. The lowest BCUT2D eigenvalue weighted by Crippen LogP contribution is -2.38. The van der Waals surface area contributed by atoms with Gasteiger partial charge >= 0.3 is 0 Å². The van der Waals surface area contributed by atoms with Gasteiger partial charge in [0.1, 0.15) is 0 Å². The second kappa shape index (κ2) is 6.91. The van der Waals surface area contributed by atoms with Gasteiger partial charge in [0, 0.05) is 48.2 Å². The Balaban J connectivity index is 1.47. The quantitative estimate of drug-likeness (QED) is 0.749. The predicted octanol–water partition coefficient (Wildman–Crippen LogP) is 3.29. The van der Waals surface area contributed by atoms with E-state index in [2.05, 4.69) is 10.3 Å². The van der Waals surface area contributed by atoms with Gasteiger partial charge in [0.2, 0.25) is 11.8 Å². The molecule has 1 aromatic heterocycles. The van der Waals surface area contributed by atoms with Crippen molar-refractivity contribution in [3.63, 3.8) is 0 Å². The minimum Gasteiger partial charge on any atom is -0.358 e. The van der Waals surface area contributed by atoms with Crippen molar-refractivity contribution in [2.24, 2.45) is 0 Å². The van der Waals surface area contributed by atoms with Gasteiger partial charge in [0.15, 0.2) is 0 Å². The van der Waals surface area contributed by atoms with E-state index in [4.69, 9.17) is 0 Å².